The summed E-state index contributed by atoms with van der Waals surface area (Å²) in [6.45, 7) is 0.869. The highest BCUT2D eigenvalue weighted by molar-refractivity contribution is 9.10. The van der Waals surface area contributed by atoms with Gasteiger partial charge in [-0.15, -0.1) is 0 Å². The van der Waals surface area contributed by atoms with E-state index in [1.165, 1.54) is 0 Å². The van der Waals surface area contributed by atoms with Crippen LogP contribution >= 0.6 is 27.5 Å². The predicted molar refractivity (Wildman–Crippen MR) is 89.6 cm³/mol. The normalized spacial score (nSPS) is 26.0. The molecule has 6 heteroatoms. The van der Waals surface area contributed by atoms with Gasteiger partial charge in [0.2, 0.25) is 5.88 Å². The zero-order valence-corrected chi connectivity index (χ0v) is 14.2. The van der Waals surface area contributed by atoms with Crippen molar-refractivity contribution < 1.29 is 4.74 Å². The molecule has 1 aliphatic heterocycles. The highest BCUT2D eigenvalue weighted by Gasteiger charge is 2.48. The lowest BCUT2D eigenvalue weighted by atomic mass is 9.81. The Morgan fingerprint density at radius 1 is 1.36 bits per heavy atom. The lowest BCUT2D eigenvalue weighted by Gasteiger charge is -2.24. The van der Waals surface area contributed by atoms with Crippen molar-refractivity contribution >= 4 is 33.3 Å². The molecule has 0 unspecified atom stereocenters. The molecule has 2 aromatic rings. The number of hydrogen-bond acceptors (Lipinski definition) is 4. The number of hydrogen-bond donors (Lipinski definition) is 1. The van der Waals surface area contributed by atoms with Crippen molar-refractivity contribution in [3.05, 3.63) is 45.7 Å². The van der Waals surface area contributed by atoms with Crippen LogP contribution < -0.4 is 10.1 Å². The smallest absolute Gasteiger partial charge is 0.213 e. The second-order valence-corrected chi connectivity index (χ2v) is 7.16. The molecule has 1 N–H and O–H groups in total. The number of nitrogens with zero attached hydrogens (tertiary/aromatic N) is 2. The highest BCUT2D eigenvalue weighted by atomic mass is 79.9. The highest BCUT2D eigenvalue weighted by Crippen LogP contribution is 2.51. The summed E-state index contributed by atoms with van der Waals surface area (Å²) in [5.74, 6) is 1.60. The summed E-state index contributed by atoms with van der Waals surface area (Å²) in [6.07, 6.45) is 6.65. The lowest BCUT2D eigenvalue weighted by Crippen LogP contribution is -2.27. The van der Waals surface area contributed by atoms with Gasteiger partial charge in [-0.25, -0.2) is 9.97 Å². The molecule has 4 rings (SSSR count). The monoisotopic (exact) mass is 379 g/mol. The molecule has 2 atom stereocenters. The van der Waals surface area contributed by atoms with E-state index in [0.717, 1.165) is 46.7 Å². The molecule has 4 nitrogen and oxygen atoms in total. The average molecular weight is 381 g/mol. The molecule has 114 valence electrons. The summed E-state index contributed by atoms with van der Waals surface area (Å²) in [5.41, 5.74) is 1.15. The average Bonchev–Trinajstić information content (AvgIpc) is 3.10. The van der Waals surface area contributed by atoms with Gasteiger partial charge in [-0.2, -0.15) is 0 Å². The van der Waals surface area contributed by atoms with Crippen LogP contribution in [0.15, 0.2) is 35.1 Å². The van der Waals surface area contributed by atoms with Crippen molar-refractivity contribution in [2.24, 2.45) is 0 Å². The van der Waals surface area contributed by atoms with E-state index in [2.05, 4.69) is 31.2 Å². The molecule has 1 fully saturated rings. The molecule has 1 aliphatic carbocycles. The van der Waals surface area contributed by atoms with Gasteiger partial charge in [-0.3, -0.25) is 0 Å². The van der Waals surface area contributed by atoms with E-state index in [9.17, 15) is 0 Å². The molecule has 0 bridgehead atoms. The van der Waals surface area contributed by atoms with Crippen molar-refractivity contribution in [3.8, 4) is 5.88 Å². The molecule has 1 spiro atoms. The Morgan fingerprint density at radius 2 is 2.27 bits per heavy atom. The Bertz CT molecular complexity index is 712. The Morgan fingerprint density at radius 3 is 3.09 bits per heavy atom. The van der Waals surface area contributed by atoms with Gasteiger partial charge in [-0.1, -0.05) is 17.7 Å². The quantitative estimate of drug-likeness (QED) is 0.849. The molecule has 22 heavy (non-hydrogen) atoms. The minimum absolute atomic E-state index is 0.0165. The first-order valence-corrected chi connectivity index (χ1v) is 8.51. The van der Waals surface area contributed by atoms with Gasteiger partial charge >= 0.3 is 0 Å². The maximum absolute atomic E-state index is 6.54. The summed E-state index contributed by atoms with van der Waals surface area (Å²) in [5, 5.41) is 4.17. The third kappa shape index (κ3) is 2.27. The number of fused-ring (bicyclic) bond motifs is 2. The lowest BCUT2D eigenvalue weighted by molar-refractivity contribution is 0.193. The minimum atomic E-state index is 0.0165. The number of aromatic nitrogens is 2. The van der Waals surface area contributed by atoms with Gasteiger partial charge in [-0.05, 0) is 41.3 Å². The van der Waals surface area contributed by atoms with Gasteiger partial charge in [0, 0.05) is 36.0 Å². The van der Waals surface area contributed by atoms with Crippen molar-refractivity contribution in [1.82, 2.24) is 9.97 Å². The van der Waals surface area contributed by atoms with E-state index in [-0.39, 0.29) is 11.5 Å². The van der Waals surface area contributed by atoms with Crippen LogP contribution in [0.3, 0.4) is 0 Å². The number of rotatable bonds is 2. The minimum Gasteiger partial charge on any atom is -0.474 e. The van der Waals surface area contributed by atoms with Crippen LogP contribution in [-0.4, -0.2) is 22.6 Å². The third-order valence-corrected chi connectivity index (χ3v) is 5.81. The maximum atomic E-state index is 6.54. The van der Waals surface area contributed by atoms with Gasteiger partial charge in [0.1, 0.15) is 11.9 Å². The van der Waals surface area contributed by atoms with Crippen LogP contribution in [0.2, 0.25) is 5.02 Å². The van der Waals surface area contributed by atoms with E-state index in [1.54, 1.807) is 12.4 Å². The standard InChI is InChI=1S/C16H15BrClN3O/c17-11-8-20-15-13(14(11)18)16(9-21-15)5-4-10(7-16)22-12-3-1-2-6-19-12/h1-3,6,8,10H,4-5,7,9H2,(H,20,21)/t10-,16-/m0/s1. The maximum Gasteiger partial charge on any atom is 0.213 e. The molecule has 3 heterocycles. The zero-order chi connectivity index (χ0) is 15.2. The molecule has 0 radical (unpaired) electrons. The topological polar surface area (TPSA) is 47.0 Å². The SMILES string of the molecule is Clc1c(Br)cnc2c1[C@]1(CC[C@H](Oc3ccccn3)C1)CN2. The number of pyridine rings is 2. The molecule has 2 aliphatic rings. The summed E-state index contributed by atoms with van der Waals surface area (Å²) in [4.78, 5) is 8.70. The van der Waals surface area contributed by atoms with E-state index < -0.39 is 0 Å². The Kier molecular flexibility index (Phi) is 3.50. The van der Waals surface area contributed by atoms with Crippen LogP contribution in [0.1, 0.15) is 24.8 Å². The summed E-state index contributed by atoms with van der Waals surface area (Å²) in [6, 6.07) is 5.73. The Balaban J connectivity index is 1.60. The molecule has 0 amide bonds. The first kappa shape index (κ1) is 14.3. The van der Waals surface area contributed by atoms with E-state index in [0.29, 0.717) is 5.88 Å². The van der Waals surface area contributed by atoms with Gasteiger partial charge in [0.25, 0.3) is 0 Å². The van der Waals surface area contributed by atoms with Crippen molar-refractivity contribution in [2.75, 3.05) is 11.9 Å². The van der Waals surface area contributed by atoms with Crippen LogP contribution in [-0.2, 0) is 5.41 Å². The fourth-order valence-corrected chi connectivity index (χ4v) is 4.22. The Labute approximate surface area is 142 Å². The molecular weight excluding hydrogens is 366 g/mol. The van der Waals surface area contributed by atoms with Gasteiger partial charge < -0.3 is 10.1 Å². The van der Waals surface area contributed by atoms with Gasteiger partial charge in [0.05, 0.1) is 9.50 Å². The second-order valence-electron chi connectivity index (χ2n) is 5.93. The summed E-state index contributed by atoms with van der Waals surface area (Å²) >= 11 is 10.0. The van der Waals surface area contributed by atoms with Crippen LogP contribution in [0.4, 0.5) is 5.82 Å². The van der Waals surface area contributed by atoms with Crippen LogP contribution in [0.25, 0.3) is 0 Å². The van der Waals surface area contributed by atoms with Crippen LogP contribution in [0.5, 0.6) is 5.88 Å². The van der Waals surface area contributed by atoms with Crippen molar-refractivity contribution in [1.29, 1.82) is 0 Å². The Hall–Kier alpha value is -1.33. The predicted octanol–water partition coefficient (Wildman–Crippen LogP) is 4.19. The third-order valence-electron chi connectivity index (χ3n) is 4.59. The number of nitrogens with one attached hydrogen (secondary N) is 1. The van der Waals surface area contributed by atoms with E-state index in [1.807, 2.05) is 18.2 Å². The summed E-state index contributed by atoms with van der Waals surface area (Å²) in [7, 11) is 0. The first-order valence-electron chi connectivity index (χ1n) is 7.34. The molecule has 2 aromatic heterocycles. The fraction of sp³-hybridized carbons (Fsp3) is 0.375. The number of halogens is 2. The number of ether oxygens (including phenoxy) is 1. The number of anilines is 1. The van der Waals surface area contributed by atoms with Crippen molar-refractivity contribution in [2.45, 2.75) is 30.8 Å². The second kappa shape index (κ2) is 5.39. The van der Waals surface area contributed by atoms with E-state index in [4.69, 9.17) is 16.3 Å². The van der Waals surface area contributed by atoms with Gasteiger partial charge in [0.15, 0.2) is 0 Å². The molecule has 1 saturated carbocycles. The zero-order valence-electron chi connectivity index (χ0n) is 11.9. The molecule has 0 saturated heterocycles. The van der Waals surface area contributed by atoms with Crippen molar-refractivity contribution in [3.63, 3.8) is 0 Å². The molecular formula is C16H15BrClN3O. The van der Waals surface area contributed by atoms with E-state index >= 15 is 0 Å². The van der Waals surface area contributed by atoms with Crippen LogP contribution in [0, 0.1) is 0 Å². The largest absolute Gasteiger partial charge is 0.474 e. The molecule has 0 aromatic carbocycles. The summed E-state index contributed by atoms with van der Waals surface area (Å²) < 4.78 is 6.88. The first-order chi connectivity index (χ1) is 10.7. The fourth-order valence-electron chi connectivity index (χ4n) is 3.58.